The van der Waals surface area contributed by atoms with E-state index < -0.39 is 0 Å². The van der Waals surface area contributed by atoms with Crippen molar-refractivity contribution in [1.82, 2.24) is 9.97 Å². The van der Waals surface area contributed by atoms with Gasteiger partial charge in [0.1, 0.15) is 24.5 Å². The molecule has 1 aromatic heterocycles. The average Bonchev–Trinajstić information content (AvgIpc) is 2.48. The van der Waals surface area contributed by atoms with E-state index in [-0.39, 0.29) is 0 Å². The molecular formula is C16H21N3O. The Balaban J connectivity index is 1.86. The Morgan fingerprint density at radius 2 is 1.95 bits per heavy atom. The molecular weight excluding hydrogens is 250 g/mol. The smallest absolute Gasteiger partial charge is 0.132 e. The highest BCUT2D eigenvalue weighted by Crippen LogP contribution is 2.18. The van der Waals surface area contributed by atoms with Crippen LogP contribution < -0.4 is 10.1 Å². The summed E-state index contributed by atoms with van der Waals surface area (Å²) in [5.74, 6) is 1.84. The Bertz CT molecular complexity index is 569. The molecule has 0 saturated carbocycles. The summed E-state index contributed by atoms with van der Waals surface area (Å²) in [6, 6.07) is 8.15. The molecule has 4 heteroatoms. The van der Waals surface area contributed by atoms with Crippen molar-refractivity contribution in [3.63, 3.8) is 0 Å². The second-order valence-corrected chi connectivity index (χ2v) is 4.67. The molecule has 0 saturated heterocycles. The van der Waals surface area contributed by atoms with Gasteiger partial charge >= 0.3 is 0 Å². The maximum atomic E-state index is 5.81. The van der Waals surface area contributed by atoms with Crippen LogP contribution in [0, 0.1) is 13.8 Å². The number of hydrogen-bond acceptors (Lipinski definition) is 4. The van der Waals surface area contributed by atoms with Gasteiger partial charge in [0.15, 0.2) is 0 Å². The van der Waals surface area contributed by atoms with Gasteiger partial charge in [0.2, 0.25) is 0 Å². The number of nitrogens with zero attached hydrogens (tertiary/aromatic N) is 2. The standard InChI is InChI=1S/C16H21N3O/c1-4-14-7-5-6-8-15(14)20-10-9-17-16-12(2)13(3)18-11-19-16/h5-8,11H,4,9-10H2,1-3H3,(H,17,18,19). The Morgan fingerprint density at radius 1 is 1.15 bits per heavy atom. The summed E-state index contributed by atoms with van der Waals surface area (Å²) in [5.41, 5.74) is 3.32. The van der Waals surface area contributed by atoms with Crippen molar-refractivity contribution < 1.29 is 4.74 Å². The molecule has 106 valence electrons. The Hall–Kier alpha value is -2.10. The third kappa shape index (κ3) is 3.47. The fourth-order valence-corrected chi connectivity index (χ4v) is 1.98. The molecule has 20 heavy (non-hydrogen) atoms. The molecule has 0 fully saturated rings. The fraction of sp³-hybridized carbons (Fsp3) is 0.375. The molecule has 0 aliphatic carbocycles. The van der Waals surface area contributed by atoms with E-state index in [1.807, 2.05) is 32.0 Å². The number of aryl methyl sites for hydroxylation is 2. The number of aromatic nitrogens is 2. The highest BCUT2D eigenvalue weighted by molar-refractivity contribution is 5.44. The van der Waals surface area contributed by atoms with Crippen LogP contribution in [0.5, 0.6) is 5.75 Å². The summed E-state index contributed by atoms with van der Waals surface area (Å²) in [5, 5.41) is 3.29. The van der Waals surface area contributed by atoms with Gasteiger partial charge in [-0.25, -0.2) is 9.97 Å². The van der Waals surface area contributed by atoms with Gasteiger partial charge in [-0.05, 0) is 31.9 Å². The topological polar surface area (TPSA) is 47.0 Å². The van der Waals surface area contributed by atoms with Gasteiger partial charge in [-0.15, -0.1) is 0 Å². The van der Waals surface area contributed by atoms with Gasteiger partial charge in [-0.2, -0.15) is 0 Å². The van der Waals surface area contributed by atoms with Crippen LogP contribution in [0.15, 0.2) is 30.6 Å². The summed E-state index contributed by atoms with van der Waals surface area (Å²) < 4.78 is 5.81. The van der Waals surface area contributed by atoms with Gasteiger partial charge in [0, 0.05) is 11.3 Å². The molecule has 1 N–H and O–H groups in total. The zero-order chi connectivity index (χ0) is 14.4. The van der Waals surface area contributed by atoms with Crippen LogP contribution >= 0.6 is 0 Å². The molecule has 0 radical (unpaired) electrons. The molecule has 4 nitrogen and oxygen atoms in total. The summed E-state index contributed by atoms with van der Waals surface area (Å²) in [6.45, 7) is 7.46. The first kappa shape index (κ1) is 14.3. The lowest BCUT2D eigenvalue weighted by atomic mass is 10.1. The quantitative estimate of drug-likeness (QED) is 0.820. The molecule has 1 aromatic carbocycles. The van der Waals surface area contributed by atoms with Crippen LogP contribution in [-0.4, -0.2) is 23.1 Å². The predicted molar refractivity (Wildman–Crippen MR) is 81.3 cm³/mol. The minimum atomic E-state index is 0.611. The number of nitrogens with one attached hydrogen (secondary N) is 1. The fourth-order valence-electron chi connectivity index (χ4n) is 1.98. The second-order valence-electron chi connectivity index (χ2n) is 4.67. The van der Waals surface area contributed by atoms with Gasteiger partial charge in [-0.3, -0.25) is 0 Å². The predicted octanol–water partition coefficient (Wildman–Crippen LogP) is 3.15. The molecule has 0 aliphatic heterocycles. The van der Waals surface area contributed by atoms with Crippen molar-refractivity contribution in [2.24, 2.45) is 0 Å². The molecule has 0 bridgehead atoms. The lowest BCUT2D eigenvalue weighted by Crippen LogP contribution is -2.14. The molecule has 1 heterocycles. The van der Waals surface area contributed by atoms with Crippen LogP contribution in [-0.2, 0) is 6.42 Å². The lowest BCUT2D eigenvalue weighted by Gasteiger charge is -2.12. The molecule has 0 amide bonds. The zero-order valence-corrected chi connectivity index (χ0v) is 12.3. The monoisotopic (exact) mass is 271 g/mol. The molecule has 0 spiro atoms. The zero-order valence-electron chi connectivity index (χ0n) is 12.3. The summed E-state index contributed by atoms with van der Waals surface area (Å²) in [4.78, 5) is 8.40. The highest BCUT2D eigenvalue weighted by Gasteiger charge is 2.03. The van der Waals surface area contributed by atoms with Crippen LogP contribution in [0.3, 0.4) is 0 Å². The van der Waals surface area contributed by atoms with E-state index >= 15 is 0 Å². The number of anilines is 1. The Morgan fingerprint density at radius 3 is 2.75 bits per heavy atom. The largest absolute Gasteiger partial charge is 0.491 e. The summed E-state index contributed by atoms with van der Waals surface area (Å²) in [7, 11) is 0. The van der Waals surface area contributed by atoms with Crippen molar-refractivity contribution in [1.29, 1.82) is 0 Å². The first-order valence-electron chi connectivity index (χ1n) is 6.95. The Kier molecular flexibility index (Phi) is 4.93. The second kappa shape index (κ2) is 6.89. The van der Waals surface area contributed by atoms with E-state index in [1.54, 1.807) is 6.33 Å². The SMILES string of the molecule is CCc1ccccc1OCCNc1ncnc(C)c1C. The van der Waals surface area contributed by atoms with Gasteiger partial charge in [0.05, 0.1) is 6.54 Å². The van der Waals surface area contributed by atoms with E-state index in [0.29, 0.717) is 6.61 Å². The number of benzene rings is 1. The minimum Gasteiger partial charge on any atom is -0.491 e. The van der Waals surface area contributed by atoms with Gasteiger partial charge in [-0.1, -0.05) is 25.1 Å². The van der Waals surface area contributed by atoms with Crippen molar-refractivity contribution in [2.45, 2.75) is 27.2 Å². The first-order valence-corrected chi connectivity index (χ1v) is 6.95. The van der Waals surface area contributed by atoms with Crippen molar-refractivity contribution in [3.8, 4) is 5.75 Å². The number of hydrogen-bond donors (Lipinski definition) is 1. The third-order valence-corrected chi connectivity index (χ3v) is 3.34. The van der Waals surface area contributed by atoms with E-state index in [4.69, 9.17) is 4.74 Å². The third-order valence-electron chi connectivity index (χ3n) is 3.34. The lowest BCUT2D eigenvalue weighted by molar-refractivity contribution is 0.329. The maximum Gasteiger partial charge on any atom is 0.132 e. The van der Waals surface area contributed by atoms with Gasteiger partial charge in [0.25, 0.3) is 0 Å². The van der Waals surface area contributed by atoms with Gasteiger partial charge < -0.3 is 10.1 Å². The first-order chi connectivity index (χ1) is 9.72. The van der Waals surface area contributed by atoms with E-state index in [9.17, 15) is 0 Å². The van der Waals surface area contributed by atoms with Crippen molar-refractivity contribution in [2.75, 3.05) is 18.5 Å². The average molecular weight is 271 g/mol. The minimum absolute atomic E-state index is 0.611. The molecule has 2 rings (SSSR count). The highest BCUT2D eigenvalue weighted by atomic mass is 16.5. The molecule has 2 aromatic rings. The number of para-hydroxylation sites is 1. The van der Waals surface area contributed by atoms with Crippen molar-refractivity contribution >= 4 is 5.82 Å². The normalized spacial score (nSPS) is 10.3. The molecule has 0 aliphatic rings. The van der Waals surface area contributed by atoms with E-state index in [2.05, 4.69) is 28.3 Å². The summed E-state index contributed by atoms with van der Waals surface area (Å²) >= 11 is 0. The Labute approximate surface area is 120 Å². The number of rotatable bonds is 6. The van der Waals surface area contributed by atoms with E-state index in [0.717, 1.165) is 35.8 Å². The maximum absolute atomic E-state index is 5.81. The van der Waals surface area contributed by atoms with Crippen LogP contribution in [0.2, 0.25) is 0 Å². The molecule has 0 atom stereocenters. The number of ether oxygens (including phenoxy) is 1. The van der Waals surface area contributed by atoms with E-state index in [1.165, 1.54) is 5.56 Å². The molecule has 0 unspecified atom stereocenters. The van der Waals surface area contributed by atoms with Crippen LogP contribution in [0.1, 0.15) is 23.7 Å². The van der Waals surface area contributed by atoms with Crippen LogP contribution in [0.25, 0.3) is 0 Å². The van der Waals surface area contributed by atoms with Crippen LogP contribution in [0.4, 0.5) is 5.82 Å². The summed E-state index contributed by atoms with van der Waals surface area (Å²) in [6.07, 6.45) is 2.56. The van der Waals surface area contributed by atoms with Crippen molar-refractivity contribution in [3.05, 3.63) is 47.4 Å².